The molecule has 0 aliphatic carbocycles. The summed E-state index contributed by atoms with van der Waals surface area (Å²) >= 11 is 3.33. The highest BCUT2D eigenvalue weighted by Gasteiger charge is 2.01. The highest BCUT2D eigenvalue weighted by Crippen LogP contribution is 2.18. The number of hydrogen-bond acceptors (Lipinski definition) is 1. The predicted molar refractivity (Wildman–Crippen MR) is 67.7 cm³/mol. The molecule has 3 nitrogen and oxygen atoms in total. The lowest BCUT2D eigenvalue weighted by Gasteiger charge is -2.08. The van der Waals surface area contributed by atoms with Crippen LogP contribution in [0.4, 0.5) is 4.39 Å². The largest absolute Gasteiger partial charge is 0.370 e. The molecule has 1 aromatic carbocycles. The van der Waals surface area contributed by atoms with Gasteiger partial charge in [-0.1, -0.05) is 15.9 Å². The first-order valence-corrected chi connectivity index (χ1v) is 5.78. The Morgan fingerprint density at radius 3 is 2.88 bits per heavy atom. The summed E-state index contributed by atoms with van der Waals surface area (Å²) in [5, 5.41) is 2.97. The molecule has 0 radical (unpaired) electrons. The van der Waals surface area contributed by atoms with Crippen LogP contribution in [0, 0.1) is 5.82 Å². The van der Waals surface area contributed by atoms with Crippen molar-refractivity contribution >= 4 is 21.9 Å². The van der Waals surface area contributed by atoms with E-state index in [-0.39, 0.29) is 11.9 Å². The second kappa shape index (κ2) is 5.84. The quantitative estimate of drug-likeness (QED) is 0.663. The van der Waals surface area contributed by atoms with Gasteiger partial charge >= 0.3 is 0 Å². The van der Waals surface area contributed by atoms with Crippen LogP contribution >= 0.6 is 15.9 Å². The van der Waals surface area contributed by atoms with Gasteiger partial charge < -0.3 is 11.1 Å². The second-order valence-electron chi connectivity index (χ2n) is 3.74. The van der Waals surface area contributed by atoms with E-state index < -0.39 is 0 Å². The zero-order valence-corrected chi connectivity index (χ0v) is 10.9. The Morgan fingerprint density at radius 2 is 2.25 bits per heavy atom. The fourth-order valence-electron chi connectivity index (χ4n) is 1.18. The van der Waals surface area contributed by atoms with Crippen LogP contribution in [0.3, 0.4) is 0 Å². The standard InChI is InChI=1S/C11H15BrFN3/c1-7(2)16-11(14)15-6-8-5-9(13)3-4-10(8)12/h3-5,7H,6H2,1-2H3,(H3,14,15,16). The average Bonchev–Trinajstić information content (AvgIpc) is 2.18. The topological polar surface area (TPSA) is 50.4 Å². The molecule has 1 rings (SSSR count). The number of rotatable bonds is 3. The van der Waals surface area contributed by atoms with Crippen molar-refractivity contribution in [2.45, 2.75) is 26.4 Å². The van der Waals surface area contributed by atoms with Gasteiger partial charge in [-0.25, -0.2) is 9.38 Å². The number of nitrogens with zero attached hydrogens (tertiary/aromatic N) is 1. The van der Waals surface area contributed by atoms with E-state index in [4.69, 9.17) is 5.73 Å². The molecule has 0 spiro atoms. The molecule has 0 aromatic heterocycles. The van der Waals surface area contributed by atoms with E-state index in [9.17, 15) is 4.39 Å². The van der Waals surface area contributed by atoms with Crippen LogP contribution in [0.2, 0.25) is 0 Å². The fraction of sp³-hybridized carbons (Fsp3) is 0.364. The van der Waals surface area contributed by atoms with Crippen LogP contribution < -0.4 is 11.1 Å². The van der Waals surface area contributed by atoms with Gasteiger partial charge in [0.15, 0.2) is 5.96 Å². The highest BCUT2D eigenvalue weighted by molar-refractivity contribution is 9.10. The Bertz CT molecular complexity index is 391. The summed E-state index contributed by atoms with van der Waals surface area (Å²) in [6.07, 6.45) is 0. The van der Waals surface area contributed by atoms with Crippen LogP contribution in [0.25, 0.3) is 0 Å². The number of aliphatic imine (C=N–C) groups is 1. The van der Waals surface area contributed by atoms with E-state index in [1.54, 1.807) is 6.07 Å². The summed E-state index contributed by atoms with van der Waals surface area (Å²) in [4.78, 5) is 4.12. The zero-order valence-electron chi connectivity index (χ0n) is 9.30. The number of nitrogens with one attached hydrogen (secondary N) is 1. The maximum absolute atomic E-state index is 13.0. The third-order valence-corrected chi connectivity index (χ3v) is 2.64. The SMILES string of the molecule is CC(C)NC(N)=NCc1cc(F)ccc1Br. The van der Waals surface area contributed by atoms with Gasteiger partial charge in [-0.3, -0.25) is 0 Å². The molecular weight excluding hydrogens is 273 g/mol. The van der Waals surface area contributed by atoms with Crippen LogP contribution in [-0.4, -0.2) is 12.0 Å². The van der Waals surface area contributed by atoms with Crippen molar-refractivity contribution in [3.05, 3.63) is 34.1 Å². The van der Waals surface area contributed by atoms with E-state index in [0.29, 0.717) is 12.5 Å². The van der Waals surface area contributed by atoms with Crippen molar-refractivity contribution in [3.8, 4) is 0 Å². The lowest BCUT2D eigenvalue weighted by atomic mass is 10.2. The normalized spacial score (nSPS) is 11.9. The fourth-order valence-corrected chi connectivity index (χ4v) is 1.55. The Hall–Kier alpha value is -1.10. The summed E-state index contributed by atoms with van der Waals surface area (Å²) in [5.74, 6) is 0.0925. The summed E-state index contributed by atoms with van der Waals surface area (Å²) in [6, 6.07) is 4.73. The summed E-state index contributed by atoms with van der Waals surface area (Å²) in [7, 11) is 0. The molecule has 16 heavy (non-hydrogen) atoms. The number of hydrogen-bond donors (Lipinski definition) is 2. The van der Waals surface area contributed by atoms with Gasteiger partial charge in [0.1, 0.15) is 5.82 Å². The molecule has 0 amide bonds. The summed E-state index contributed by atoms with van der Waals surface area (Å²) in [6.45, 7) is 4.30. The second-order valence-corrected chi connectivity index (χ2v) is 4.59. The van der Waals surface area contributed by atoms with Crippen molar-refractivity contribution in [1.29, 1.82) is 0 Å². The number of halogens is 2. The molecule has 0 saturated carbocycles. The molecule has 0 fully saturated rings. The Morgan fingerprint density at radius 1 is 1.56 bits per heavy atom. The zero-order chi connectivity index (χ0) is 12.1. The molecule has 0 aliphatic rings. The lowest BCUT2D eigenvalue weighted by molar-refractivity contribution is 0.625. The maximum atomic E-state index is 13.0. The molecule has 0 saturated heterocycles. The van der Waals surface area contributed by atoms with Gasteiger partial charge in [0.05, 0.1) is 6.54 Å². The molecule has 0 atom stereocenters. The van der Waals surface area contributed by atoms with Crippen molar-refractivity contribution in [3.63, 3.8) is 0 Å². The first-order chi connectivity index (χ1) is 7.49. The van der Waals surface area contributed by atoms with E-state index in [2.05, 4.69) is 26.2 Å². The highest BCUT2D eigenvalue weighted by atomic mass is 79.9. The average molecular weight is 288 g/mol. The van der Waals surface area contributed by atoms with Crippen molar-refractivity contribution < 1.29 is 4.39 Å². The van der Waals surface area contributed by atoms with Crippen molar-refractivity contribution in [2.24, 2.45) is 10.7 Å². The summed E-state index contributed by atoms with van der Waals surface area (Å²) < 4.78 is 13.8. The number of benzene rings is 1. The molecular formula is C11H15BrFN3. The van der Waals surface area contributed by atoms with Gasteiger partial charge in [-0.15, -0.1) is 0 Å². The minimum Gasteiger partial charge on any atom is -0.370 e. The molecule has 0 bridgehead atoms. The maximum Gasteiger partial charge on any atom is 0.189 e. The third kappa shape index (κ3) is 4.18. The molecule has 1 aromatic rings. The van der Waals surface area contributed by atoms with Crippen molar-refractivity contribution in [1.82, 2.24) is 5.32 Å². The van der Waals surface area contributed by atoms with Gasteiger partial charge in [0, 0.05) is 10.5 Å². The van der Waals surface area contributed by atoms with E-state index in [1.165, 1.54) is 12.1 Å². The minimum atomic E-state index is -0.274. The van der Waals surface area contributed by atoms with Crippen LogP contribution in [0.5, 0.6) is 0 Å². The van der Waals surface area contributed by atoms with Gasteiger partial charge in [-0.05, 0) is 37.6 Å². The van der Waals surface area contributed by atoms with E-state index >= 15 is 0 Å². The van der Waals surface area contributed by atoms with Crippen LogP contribution in [0.1, 0.15) is 19.4 Å². The van der Waals surface area contributed by atoms with E-state index in [0.717, 1.165) is 10.0 Å². The molecule has 0 heterocycles. The first kappa shape index (κ1) is 13.0. The van der Waals surface area contributed by atoms with Crippen molar-refractivity contribution in [2.75, 3.05) is 0 Å². The Kier molecular flexibility index (Phi) is 4.73. The van der Waals surface area contributed by atoms with E-state index in [1.807, 2.05) is 13.8 Å². The van der Waals surface area contributed by atoms with Gasteiger partial charge in [0.2, 0.25) is 0 Å². The smallest absolute Gasteiger partial charge is 0.189 e. The first-order valence-electron chi connectivity index (χ1n) is 4.99. The molecule has 0 unspecified atom stereocenters. The number of nitrogens with two attached hydrogens (primary N) is 1. The van der Waals surface area contributed by atoms with Gasteiger partial charge in [-0.2, -0.15) is 0 Å². The Labute approximate surface area is 103 Å². The molecule has 88 valence electrons. The van der Waals surface area contributed by atoms with Crippen LogP contribution in [0.15, 0.2) is 27.7 Å². The van der Waals surface area contributed by atoms with Crippen LogP contribution in [-0.2, 0) is 6.54 Å². The number of guanidine groups is 1. The monoisotopic (exact) mass is 287 g/mol. The minimum absolute atomic E-state index is 0.236. The Balaban J connectivity index is 2.70. The summed E-state index contributed by atoms with van der Waals surface area (Å²) in [5.41, 5.74) is 6.41. The molecule has 5 heteroatoms. The molecule has 0 aliphatic heterocycles. The third-order valence-electron chi connectivity index (χ3n) is 1.86. The molecule has 3 N–H and O–H groups in total. The van der Waals surface area contributed by atoms with Gasteiger partial charge in [0.25, 0.3) is 0 Å². The predicted octanol–water partition coefficient (Wildman–Crippen LogP) is 2.40. The lowest BCUT2D eigenvalue weighted by Crippen LogP contribution is -2.36.